The summed E-state index contributed by atoms with van der Waals surface area (Å²) in [5.74, 6) is 0.553. The molecule has 1 aliphatic rings. The van der Waals surface area contributed by atoms with Crippen molar-refractivity contribution in [3.63, 3.8) is 0 Å². The van der Waals surface area contributed by atoms with Gasteiger partial charge in [0, 0.05) is 24.2 Å². The predicted molar refractivity (Wildman–Crippen MR) is 111 cm³/mol. The third-order valence-electron chi connectivity index (χ3n) is 5.29. The number of carbonyl (C=O) groups is 1. The molecule has 30 heavy (non-hydrogen) atoms. The molecule has 1 saturated heterocycles. The van der Waals surface area contributed by atoms with Crippen molar-refractivity contribution in [1.82, 2.24) is 9.29 Å². The van der Waals surface area contributed by atoms with Gasteiger partial charge < -0.3 is 9.15 Å². The maximum Gasteiger partial charge on any atom is 0.308 e. The fraction of sp³-hybridized carbons (Fsp3) is 0.273. The Morgan fingerprint density at radius 3 is 2.33 bits per heavy atom. The number of aromatic nitrogens is 1. The zero-order valence-electron chi connectivity index (χ0n) is 16.5. The SMILES string of the molecule is COC(=O)C1CCN(S(=O)(=O)c2ccc(-c3ncc(-c4ccccc4)o3)cc2)CC1. The van der Waals surface area contributed by atoms with E-state index in [1.54, 1.807) is 30.5 Å². The lowest BCUT2D eigenvalue weighted by molar-refractivity contribution is -0.146. The topological polar surface area (TPSA) is 89.7 Å². The Morgan fingerprint density at radius 1 is 1.03 bits per heavy atom. The second kappa shape index (κ2) is 8.41. The average molecular weight is 426 g/mol. The van der Waals surface area contributed by atoms with E-state index in [0.29, 0.717) is 43.1 Å². The number of ether oxygens (including phenoxy) is 1. The number of hydrogen-bond acceptors (Lipinski definition) is 6. The van der Waals surface area contributed by atoms with Crippen molar-refractivity contribution < 1.29 is 22.4 Å². The zero-order valence-corrected chi connectivity index (χ0v) is 17.3. The second-order valence-corrected chi connectivity index (χ2v) is 9.06. The van der Waals surface area contributed by atoms with E-state index < -0.39 is 10.0 Å². The molecule has 0 radical (unpaired) electrons. The van der Waals surface area contributed by atoms with Crippen molar-refractivity contribution in [2.45, 2.75) is 17.7 Å². The smallest absolute Gasteiger partial charge is 0.308 e. The van der Waals surface area contributed by atoms with Crippen molar-refractivity contribution >= 4 is 16.0 Å². The van der Waals surface area contributed by atoms with Crippen LogP contribution in [0.15, 0.2) is 70.1 Å². The highest BCUT2D eigenvalue weighted by molar-refractivity contribution is 7.89. The molecule has 0 aliphatic carbocycles. The molecule has 0 bridgehead atoms. The highest BCUT2D eigenvalue weighted by Gasteiger charge is 2.32. The van der Waals surface area contributed by atoms with Crippen molar-refractivity contribution in [2.24, 2.45) is 5.92 Å². The highest BCUT2D eigenvalue weighted by Crippen LogP contribution is 2.28. The fourth-order valence-electron chi connectivity index (χ4n) is 3.56. The van der Waals surface area contributed by atoms with Crippen LogP contribution >= 0.6 is 0 Å². The van der Waals surface area contributed by atoms with E-state index in [1.807, 2.05) is 30.3 Å². The number of carbonyl (C=O) groups excluding carboxylic acids is 1. The molecular weight excluding hydrogens is 404 g/mol. The normalized spacial score (nSPS) is 15.8. The number of rotatable bonds is 5. The van der Waals surface area contributed by atoms with Crippen LogP contribution in [0.25, 0.3) is 22.8 Å². The quantitative estimate of drug-likeness (QED) is 0.579. The van der Waals surface area contributed by atoms with Gasteiger partial charge in [0.05, 0.1) is 24.1 Å². The van der Waals surface area contributed by atoms with Crippen LogP contribution in [0.1, 0.15) is 12.8 Å². The number of hydrogen-bond donors (Lipinski definition) is 0. The molecule has 2 heterocycles. The minimum atomic E-state index is -3.62. The lowest BCUT2D eigenvalue weighted by Crippen LogP contribution is -2.40. The zero-order chi connectivity index (χ0) is 21.1. The Kier molecular flexibility index (Phi) is 5.69. The molecular formula is C22H22N2O5S. The van der Waals surface area contributed by atoms with Crippen LogP contribution in [-0.2, 0) is 19.6 Å². The molecule has 8 heteroatoms. The van der Waals surface area contributed by atoms with Gasteiger partial charge in [-0.15, -0.1) is 0 Å². The Balaban J connectivity index is 1.48. The van der Waals surface area contributed by atoms with Gasteiger partial charge in [0.25, 0.3) is 0 Å². The average Bonchev–Trinajstić information content (AvgIpc) is 3.30. The maximum absolute atomic E-state index is 12.9. The lowest BCUT2D eigenvalue weighted by Gasteiger charge is -2.29. The van der Waals surface area contributed by atoms with E-state index in [9.17, 15) is 13.2 Å². The summed E-state index contributed by atoms with van der Waals surface area (Å²) < 4.78 is 37.9. The van der Waals surface area contributed by atoms with Crippen molar-refractivity contribution in [3.05, 3.63) is 60.8 Å². The molecule has 3 aromatic rings. The summed E-state index contributed by atoms with van der Waals surface area (Å²) in [6, 6.07) is 16.1. The highest BCUT2D eigenvalue weighted by atomic mass is 32.2. The minimum Gasteiger partial charge on any atom is -0.469 e. The molecule has 1 fully saturated rings. The van der Waals surface area contributed by atoms with Gasteiger partial charge in [0.1, 0.15) is 0 Å². The number of benzene rings is 2. The molecule has 4 rings (SSSR count). The van der Waals surface area contributed by atoms with Gasteiger partial charge in [-0.25, -0.2) is 13.4 Å². The standard InChI is InChI=1S/C22H22N2O5S/c1-28-22(25)18-11-13-24(14-12-18)30(26,27)19-9-7-17(8-10-19)21-23-15-20(29-21)16-5-3-2-4-6-16/h2-10,15,18H,11-14H2,1H3. The Bertz CT molecular complexity index is 1120. The Hall–Kier alpha value is -2.97. The van der Waals surface area contributed by atoms with E-state index in [2.05, 4.69) is 4.98 Å². The third kappa shape index (κ3) is 4.01. The van der Waals surface area contributed by atoms with Gasteiger partial charge in [0.2, 0.25) is 15.9 Å². The van der Waals surface area contributed by atoms with Crippen LogP contribution in [0.2, 0.25) is 0 Å². The number of methoxy groups -OCH3 is 1. The van der Waals surface area contributed by atoms with Gasteiger partial charge in [-0.3, -0.25) is 4.79 Å². The molecule has 0 N–H and O–H groups in total. The first-order valence-electron chi connectivity index (χ1n) is 9.68. The molecule has 0 amide bonds. The fourth-order valence-corrected chi connectivity index (χ4v) is 5.03. The van der Waals surface area contributed by atoms with Crippen LogP contribution < -0.4 is 0 Å². The molecule has 1 aromatic heterocycles. The van der Waals surface area contributed by atoms with Crippen LogP contribution in [-0.4, -0.2) is 43.9 Å². The van der Waals surface area contributed by atoms with Crippen LogP contribution in [0.3, 0.4) is 0 Å². The van der Waals surface area contributed by atoms with E-state index in [0.717, 1.165) is 5.56 Å². The number of sulfonamides is 1. The molecule has 0 saturated carbocycles. The largest absolute Gasteiger partial charge is 0.469 e. The van der Waals surface area contributed by atoms with Gasteiger partial charge in [-0.2, -0.15) is 4.31 Å². The summed E-state index contributed by atoms with van der Waals surface area (Å²) in [4.78, 5) is 16.2. The number of nitrogens with zero attached hydrogens (tertiary/aromatic N) is 2. The van der Waals surface area contributed by atoms with Gasteiger partial charge in [-0.1, -0.05) is 30.3 Å². The molecule has 1 aliphatic heterocycles. The number of esters is 1. The second-order valence-electron chi connectivity index (χ2n) is 7.12. The first kappa shape index (κ1) is 20.3. The molecule has 0 unspecified atom stereocenters. The summed E-state index contributed by atoms with van der Waals surface area (Å²) in [5, 5.41) is 0. The van der Waals surface area contributed by atoms with E-state index >= 15 is 0 Å². The molecule has 2 aromatic carbocycles. The minimum absolute atomic E-state index is 0.206. The maximum atomic E-state index is 12.9. The van der Waals surface area contributed by atoms with Gasteiger partial charge in [-0.05, 0) is 37.1 Å². The van der Waals surface area contributed by atoms with Crippen LogP contribution in [0, 0.1) is 5.92 Å². The first-order chi connectivity index (χ1) is 14.5. The van der Waals surface area contributed by atoms with Crippen molar-refractivity contribution in [1.29, 1.82) is 0 Å². The van der Waals surface area contributed by atoms with Gasteiger partial charge >= 0.3 is 5.97 Å². The predicted octanol–water partition coefficient (Wildman–Crippen LogP) is 3.58. The van der Waals surface area contributed by atoms with Crippen LogP contribution in [0.4, 0.5) is 0 Å². The molecule has 0 atom stereocenters. The number of piperidine rings is 1. The van der Waals surface area contributed by atoms with E-state index in [-0.39, 0.29) is 16.8 Å². The van der Waals surface area contributed by atoms with Gasteiger partial charge in [0.15, 0.2) is 5.76 Å². The number of oxazole rings is 1. The molecule has 7 nitrogen and oxygen atoms in total. The summed E-state index contributed by atoms with van der Waals surface area (Å²) in [7, 11) is -2.27. The molecule has 156 valence electrons. The van der Waals surface area contributed by atoms with Crippen LogP contribution in [0.5, 0.6) is 0 Å². The summed E-state index contributed by atoms with van der Waals surface area (Å²) >= 11 is 0. The van der Waals surface area contributed by atoms with E-state index in [1.165, 1.54) is 11.4 Å². The van der Waals surface area contributed by atoms with Crippen molar-refractivity contribution in [2.75, 3.05) is 20.2 Å². The monoisotopic (exact) mass is 426 g/mol. The third-order valence-corrected chi connectivity index (χ3v) is 7.20. The lowest BCUT2D eigenvalue weighted by atomic mass is 9.99. The van der Waals surface area contributed by atoms with Crippen molar-refractivity contribution in [3.8, 4) is 22.8 Å². The Labute approximate surface area is 175 Å². The first-order valence-corrected chi connectivity index (χ1v) is 11.1. The Morgan fingerprint density at radius 2 is 1.70 bits per heavy atom. The summed E-state index contributed by atoms with van der Waals surface area (Å²) in [5.41, 5.74) is 1.62. The summed E-state index contributed by atoms with van der Waals surface area (Å²) in [6.45, 7) is 0.591. The molecule has 0 spiro atoms. The van der Waals surface area contributed by atoms with E-state index in [4.69, 9.17) is 9.15 Å². The summed E-state index contributed by atoms with van der Waals surface area (Å²) in [6.07, 6.45) is 2.58.